The number of carbonyl (C=O) groups is 1. The van der Waals surface area contributed by atoms with E-state index in [0.29, 0.717) is 59.7 Å². The molecule has 4 rings (SSSR count). The molecule has 0 aliphatic carbocycles. The molecule has 1 aliphatic heterocycles. The maximum absolute atomic E-state index is 12.4. The highest BCUT2D eigenvalue weighted by Gasteiger charge is 2.27. The molecule has 1 aliphatic rings. The van der Waals surface area contributed by atoms with Crippen molar-refractivity contribution < 1.29 is 14.3 Å². The zero-order valence-electron chi connectivity index (χ0n) is 23.0. The number of aromatic nitrogens is 4. The maximum Gasteiger partial charge on any atom is 0.410 e. The largest absolute Gasteiger partial charge is 0.481 e. The van der Waals surface area contributed by atoms with E-state index in [0.717, 1.165) is 10.0 Å². The van der Waals surface area contributed by atoms with E-state index in [1.807, 2.05) is 41.5 Å². The summed E-state index contributed by atoms with van der Waals surface area (Å²) in [5.74, 6) is 6.30. The van der Waals surface area contributed by atoms with Gasteiger partial charge < -0.3 is 20.2 Å². The number of hydrogen-bond donors (Lipinski definition) is 1. The Hall–Kier alpha value is -4.05. The molecule has 1 atom stereocenters. The van der Waals surface area contributed by atoms with Crippen LogP contribution >= 0.6 is 11.3 Å². The lowest BCUT2D eigenvalue weighted by atomic mass is 10.0. The molecule has 0 saturated carbocycles. The van der Waals surface area contributed by atoms with E-state index in [-0.39, 0.29) is 12.1 Å². The molecule has 1 fully saturated rings. The monoisotopic (exact) mass is 551 g/mol. The number of hydrazone groups is 1. The van der Waals surface area contributed by atoms with Crippen molar-refractivity contribution >= 4 is 34.4 Å². The molecule has 39 heavy (non-hydrogen) atoms. The van der Waals surface area contributed by atoms with Crippen LogP contribution in [0, 0.1) is 18.3 Å². The first-order chi connectivity index (χ1) is 18.5. The number of nitrogens with zero attached hydrogens (tertiary/aromatic N) is 8. The van der Waals surface area contributed by atoms with Gasteiger partial charge in [0.2, 0.25) is 0 Å². The van der Waals surface area contributed by atoms with Crippen molar-refractivity contribution in [3.63, 3.8) is 0 Å². The molecule has 0 radical (unpaired) electrons. The van der Waals surface area contributed by atoms with E-state index >= 15 is 0 Å². The maximum atomic E-state index is 12.4. The van der Waals surface area contributed by atoms with E-state index in [2.05, 4.69) is 26.5 Å². The number of pyridine rings is 1. The molecule has 1 amide bonds. The summed E-state index contributed by atoms with van der Waals surface area (Å²) < 4.78 is 13.3. The Morgan fingerprint density at radius 1 is 1.31 bits per heavy atom. The molecule has 3 aromatic heterocycles. The van der Waals surface area contributed by atoms with Crippen molar-refractivity contribution in [2.75, 3.05) is 13.1 Å². The summed E-state index contributed by atoms with van der Waals surface area (Å²) in [5, 5.41) is 27.8. The molecule has 1 saturated heterocycles. The van der Waals surface area contributed by atoms with Crippen LogP contribution in [-0.2, 0) is 4.74 Å². The van der Waals surface area contributed by atoms with Crippen LogP contribution < -0.4 is 10.6 Å². The zero-order valence-corrected chi connectivity index (χ0v) is 23.8. The van der Waals surface area contributed by atoms with Gasteiger partial charge in [-0.2, -0.15) is 15.5 Å². The van der Waals surface area contributed by atoms with Crippen LogP contribution in [0.3, 0.4) is 0 Å². The summed E-state index contributed by atoms with van der Waals surface area (Å²) >= 11 is 1.45. The van der Waals surface area contributed by atoms with Gasteiger partial charge in [0.1, 0.15) is 45.3 Å². The molecule has 12 nitrogen and oxygen atoms in total. The number of nitriles is 1. The van der Waals surface area contributed by atoms with Gasteiger partial charge in [0.05, 0.1) is 18.0 Å². The van der Waals surface area contributed by atoms with Crippen molar-refractivity contribution in [1.29, 1.82) is 5.26 Å². The molecule has 13 heteroatoms. The third-order valence-corrected chi connectivity index (χ3v) is 7.13. The fourth-order valence-electron chi connectivity index (χ4n) is 4.32. The van der Waals surface area contributed by atoms with E-state index in [1.165, 1.54) is 17.5 Å². The number of ether oxygens (including phenoxy) is 2. The first-order valence-electron chi connectivity index (χ1n) is 12.7. The van der Waals surface area contributed by atoms with Gasteiger partial charge in [-0.3, -0.25) is 4.99 Å². The number of rotatable bonds is 6. The number of piperidine rings is 1. The summed E-state index contributed by atoms with van der Waals surface area (Å²) in [6.07, 6.45) is 3.93. The number of aryl methyl sites for hydroxylation is 1. The average Bonchev–Trinajstić information content (AvgIpc) is 3.50. The molecule has 0 bridgehead atoms. The Balaban J connectivity index is 1.57. The highest BCUT2D eigenvalue weighted by atomic mass is 32.1. The van der Waals surface area contributed by atoms with Crippen molar-refractivity contribution in [2.45, 2.75) is 72.1 Å². The van der Waals surface area contributed by atoms with Crippen LogP contribution in [0.1, 0.15) is 74.7 Å². The lowest BCUT2D eigenvalue weighted by Gasteiger charge is -2.32. The summed E-state index contributed by atoms with van der Waals surface area (Å²) in [6.45, 7) is 12.3. The number of nitrogens with two attached hydrogens (primary N) is 1. The second-order valence-electron chi connectivity index (χ2n) is 10.4. The van der Waals surface area contributed by atoms with Gasteiger partial charge in [0.15, 0.2) is 5.01 Å². The minimum atomic E-state index is -0.532. The molecule has 206 valence electrons. The molecule has 0 spiro atoms. The second kappa shape index (κ2) is 11.4. The fraction of sp³-hybridized carbons (Fsp3) is 0.500. The van der Waals surface area contributed by atoms with Crippen LogP contribution in [0.4, 0.5) is 4.79 Å². The number of amides is 1. The summed E-state index contributed by atoms with van der Waals surface area (Å²) in [6, 6.07) is 3.97. The van der Waals surface area contributed by atoms with E-state index < -0.39 is 11.7 Å². The highest BCUT2D eigenvalue weighted by molar-refractivity contribution is 7.11. The van der Waals surface area contributed by atoms with Gasteiger partial charge in [-0.25, -0.2) is 9.31 Å². The second-order valence-corrected chi connectivity index (χ2v) is 11.6. The van der Waals surface area contributed by atoms with E-state index in [9.17, 15) is 10.1 Å². The standard InChI is InChI=1S/C26H33N9O3S/c1-15(30-20-7-9-34(10-8-20)25(36)38-26(4,5)6)22(31-28)18-11-21(23-19(12-27)13-29-35(23)14-18)37-16(2)24-33-32-17(3)39-24/h11,13-14,16,20H,7-10,28H2,1-6H3/b30-15?,31-22+. The van der Waals surface area contributed by atoms with Crippen LogP contribution in [0.15, 0.2) is 28.6 Å². The molecule has 3 aromatic rings. The number of aliphatic imine (C=N–C) groups is 1. The van der Waals surface area contributed by atoms with Crippen LogP contribution in [0.25, 0.3) is 5.52 Å². The fourth-order valence-corrected chi connectivity index (χ4v) is 5.00. The van der Waals surface area contributed by atoms with Gasteiger partial charge in [0, 0.05) is 24.8 Å². The van der Waals surface area contributed by atoms with Crippen molar-refractivity contribution in [2.24, 2.45) is 15.9 Å². The van der Waals surface area contributed by atoms with Gasteiger partial charge in [-0.1, -0.05) is 11.3 Å². The predicted molar refractivity (Wildman–Crippen MR) is 148 cm³/mol. The van der Waals surface area contributed by atoms with Gasteiger partial charge >= 0.3 is 6.09 Å². The highest BCUT2D eigenvalue weighted by Crippen LogP contribution is 2.31. The summed E-state index contributed by atoms with van der Waals surface area (Å²) in [5.41, 5.74) is 2.15. The lowest BCUT2D eigenvalue weighted by molar-refractivity contribution is 0.0207. The molecule has 0 aromatic carbocycles. The molecule has 4 heterocycles. The third kappa shape index (κ3) is 6.51. The van der Waals surface area contributed by atoms with Crippen LogP contribution in [0.2, 0.25) is 0 Å². The molecular formula is C26H33N9O3S. The lowest BCUT2D eigenvalue weighted by Crippen LogP contribution is -2.42. The average molecular weight is 552 g/mol. The van der Waals surface area contributed by atoms with Gasteiger partial charge in [0.25, 0.3) is 0 Å². The first-order valence-corrected chi connectivity index (χ1v) is 13.5. The predicted octanol–water partition coefficient (Wildman–Crippen LogP) is 4.03. The first kappa shape index (κ1) is 28.0. The Morgan fingerprint density at radius 3 is 2.62 bits per heavy atom. The van der Waals surface area contributed by atoms with Crippen molar-refractivity contribution in [3.8, 4) is 11.8 Å². The normalized spacial score (nSPS) is 16.3. The van der Waals surface area contributed by atoms with E-state index in [1.54, 1.807) is 21.7 Å². The summed E-state index contributed by atoms with van der Waals surface area (Å²) in [4.78, 5) is 19.0. The van der Waals surface area contributed by atoms with Crippen LogP contribution in [0.5, 0.6) is 5.75 Å². The smallest absolute Gasteiger partial charge is 0.410 e. The molecule has 2 N–H and O–H groups in total. The Labute approximate surface area is 231 Å². The Bertz CT molecular complexity index is 1450. The van der Waals surface area contributed by atoms with Crippen LogP contribution in [-0.4, -0.2) is 67.0 Å². The zero-order chi connectivity index (χ0) is 28.3. The number of hydrogen-bond acceptors (Lipinski definition) is 11. The summed E-state index contributed by atoms with van der Waals surface area (Å²) in [7, 11) is 0. The van der Waals surface area contributed by atoms with Gasteiger partial charge in [-0.15, -0.1) is 10.2 Å². The SMILES string of the molecule is CC(=NC1CCN(C(=O)OC(C)(C)C)CC1)/C(=N\N)c1cc(OC(C)c2nnc(C)s2)c2c(C#N)cnn2c1. The van der Waals surface area contributed by atoms with Crippen molar-refractivity contribution in [1.82, 2.24) is 24.7 Å². The Morgan fingerprint density at radius 2 is 2.03 bits per heavy atom. The molecule has 1 unspecified atom stereocenters. The van der Waals surface area contributed by atoms with Gasteiger partial charge in [-0.05, 0) is 60.5 Å². The van der Waals surface area contributed by atoms with E-state index in [4.69, 9.17) is 20.3 Å². The number of likely N-dealkylation sites (tertiary alicyclic amines) is 1. The Kier molecular flexibility index (Phi) is 8.15. The minimum Gasteiger partial charge on any atom is -0.481 e. The topological polar surface area (TPSA) is 156 Å². The van der Waals surface area contributed by atoms with Crippen molar-refractivity contribution in [3.05, 3.63) is 39.6 Å². The quantitative estimate of drug-likeness (QED) is 0.273. The minimum absolute atomic E-state index is 0.00967. The third-order valence-electron chi connectivity index (χ3n) is 6.13. The number of carbonyl (C=O) groups excluding carboxylic acids is 1. The molecular weight excluding hydrogens is 518 g/mol. The number of fused-ring (bicyclic) bond motifs is 1.